The molecule has 4 nitrogen and oxygen atoms in total. The van der Waals surface area contributed by atoms with Gasteiger partial charge in [-0.2, -0.15) is 0 Å². The zero-order valence-corrected chi connectivity index (χ0v) is 12.2. The Morgan fingerprint density at radius 3 is 2.55 bits per heavy atom. The molecule has 20 heavy (non-hydrogen) atoms. The van der Waals surface area contributed by atoms with E-state index in [1.54, 1.807) is 24.9 Å². The lowest BCUT2D eigenvalue weighted by molar-refractivity contribution is 0.0824. The van der Waals surface area contributed by atoms with Crippen LogP contribution in [0.5, 0.6) is 0 Å². The first-order chi connectivity index (χ1) is 9.49. The topological polar surface area (TPSA) is 49.1 Å². The molecule has 0 fully saturated rings. The van der Waals surface area contributed by atoms with Crippen LogP contribution in [-0.2, 0) is 6.54 Å². The molecule has 1 aromatic carbocycles. The van der Waals surface area contributed by atoms with Crippen LogP contribution in [0.25, 0.3) is 0 Å². The minimum atomic E-state index is -0.223. The van der Waals surface area contributed by atoms with Gasteiger partial charge in [0.15, 0.2) is 0 Å². The van der Waals surface area contributed by atoms with Crippen molar-refractivity contribution in [2.24, 2.45) is 0 Å². The van der Waals surface area contributed by atoms with Gasteiger partial charge in [-0.15, -0.1) is 0 Å². The number of rotatable bonds is 3. The summed E-state index contributed by atoms with van der Waals surface area (Å²) in [4.78, 5) is 13.5. The molecule has 104 valence electrons. The molecule has 5 heteroatoms. The van der Waals surface area contributed by atoms with Crippen molar-refractivity contribution < 1.29 is 4.79 Å². The van der Waals surface area contributed by atoms with Gasteiger partial charge < -0.3 is 9.47 Å². The minimum Gasteiger partial charge on any atom is -0.345 e. The number of benzene rings is 1. The normalized spacial score (nSPS) is 10.3. The van der Waals surface area contributed by atoms with Gasteiger partial charge >= 0.3 is 0 Å². The fraction of sp³-hybridized carbons (Fsp3) is 0.200. The van der Waals surface area contributed by atoms with Crippen molar-refractivity contribution in [2.45, 2.75) is 6.54 Å². The SMILES string of the molecule is CN(C)C(=O)c1cc(Cl)cn(Cc2ccccc2)c1=N. The van der Waals surface area contributed by atoms with Crippen molar-refractivity contribution >= 4 is 17.5 Å². The third kappa shape index (κ3) is 3.08. The molecule has 0 saturated heterocycles. The standard InChI is InChI=1S/C15H16ClN3O/c1-18(2)15(20)13-8-12(16)10-19(14(13)17)9-11-6-4-3-5-7-11/h3-8,10,17H,9H2,1-2H3. The molecule has 0 saturated carbocycles. The molecular formula is C15H16ClN3O. The number of carbonyl (C=O) groups is 1. The van der Waals surface area contributed by atoms with Crippen molar-refractivity contribution in [3.05, 3.63) is 64.2 Å². The predicted octanol–water partition coefficient (Wildman–Crippen LogP) is 2.37. The highest BCUT2D eigenvalue weighted by Gasteiger charge is 2.13. The average Bonchev–Trinajstić information content (AvgIpc) is 2.42. The Morgan fingerprint density at radius 2 is 1.95 bits per heavy atom. The van der Waals surface area contributed by atoms with Gasteiger partial charge in [0.1, 0.15) is 5.49 Å². The number of carbonyl (C=O) groups excluding carboxylic acids is 1. The number of amides is 1. The van der Waals surface area contributed by atoms with Crippen LogP contribution in [0, 0.1) is 5.41 Å². The van der Waals surface area contributed by atoms with E-state index in [1.165, 1.54) is 11.0 Å². The Balaban J connectivity index is 2.45. The number of aromatic nitrogens is 1. The molecule has 0 radical (unpaired) electrons. The lowest BCUT2D eigenvalue weighted by Gasteiger charge is -2.14. The smallest absolute Gasteiger partial charge is 0.257 e. The number of nitrogens with zero attached hydrogens (tertiary/aromatic N) is 2. The van der Waals surface area contributed by atoms with Crippen LogP contribution in [0.3, 0.4) is 0 Å². The molecule has 0 aliphatic carbocycles. The van der Waals surface area contributed by atoms with E-state index in [2.05, 4.69) is 0 Å². The van der Waals surface area contributed by atoms with E-state index in [9.17, 15) is 4.79 Å². The van der Waals surface area contributed by atoms with E-state index >= 15 is 0 Å². The van der Waals surface area contributed by atoms with Crippen LogP contribution < -0.4 is 5.49 Å². The monoisotopic (exact) mass is 289 g/mol. The Bertz CT molecular complexity index is 677. The van der Waals surface area contributed by atoms with E-state index in [4.69, 9.17) is 17.0 Å². The zero-order valence-electron chi connectivity index (χ0n) is 11.4. The van der Waals surface area contributed by atoms with Gasteiger partial charge in [0, 0.05) is 26.8 Å². The van der Waals surface area contributed by atoms with E-state index in [-0.39, 0.29) is 11.4 Å². The molecular weight excluding hydrogens is 274 g/mol. The predicted molar refractivity (Wildman–Crippen MR) is 78.9 cm³/mol. The summed E-state index contributed by atoms with van der Waals surface area (Å²) < 4.78 is 1.68. The van der Waals surface area contributed by atoms with Gasteiger partial charge in [-0.05, 0) is 11.6 Å². The fourth-order valence-corrected chi connectivity index (χ4v) is 2.15. The van der Waals surface area contributed by atoms with Gasteiger partial charge in [-0.3, -0.25) is 10.2 Å². The zero-order chi connectivity index (χ0) is 14.7. The van der Waals surface area contributed by atoms with Crippen LogP contribution in [0.1, 0.15) is 15.9 Å². The summed E-state index contributed by atoms with van der Waals surface area (Å²) in [6.45, 7) is 0.508. The van der Waals surface area contributed by atoms with Gasteiger partial charge in [-0.25, -0.2) is 0 Å². The first kappa shape index (κ1) is 14.3. The molecule has 0 unspecified atom stereocenters. The van der Waals surface area contributed by atoms with Gasteiger partial charge in [0.05, 0.1) is 10.6 Å². The summed E-state index contributed by atoms with van der Waals surface area (Å²) in [6.07, 6.45) is 1.67. The molecule has 0 bridgehead atoms. The van der Waals surface area contributed by atoms with Gasteiger partial charge in [0.25, 0.3) is 5.91 Å². The Hall–Kier alpha value is -2.07. The first-order valence-corrected chi connectivity index (χ1v) is 6.57. The Labute approximate surface area is 122 Å². The van der Waals surface area contributed by atoms with Crippen molar-refractivity contribution in [3.8, 4) is 0 Å². The highest BCUT2D eigenvalue weighted by molar-refractivity contribution is 6.30. The second-order valence-electron chi connectivity index (χ2n) is 4.73. The van der Waals surface area contributed by atoms with E-state index < -0.39 is 0 Å². The van der Waals surface area contributed by atoms with E-state index in [0.717, 1.165) is 5.56 Å². The maximum absolute atomic E-state index is 12.1. The number of pyridine rings is 1. The number of nitrogens with one attached hydrogen (secondary N) is 1. The van der Waals surface area contributed by atoms with E-state index in [0.29, 0.717) is 17.1 Å². The van der Waals surface area contributed by atoms with Crippen molar-refractivity contribution in [1.82, 2.24) is 9.47 Å². The van der Waals surface area contributed by atoms with Crippen LogP contribution in [0.2, 0.25) is 5.02 Å². The van der Waals surface area contributed by atoms with Gasteiger partial charge in [0.2, 0.25) is 0 Å². The van der Waals surface area contributed by atoms with Gasteiger partial charge in [-0.1, -0.05) is 41.9 Å². The van der Waals surface area contributed by atoms with Crippen LogP contribution >= 0.6 is 11.6 Å². The molecule has 0 aliphatic heterocycles. The maximum atomic E-state index is 12.1. The number of halogens is 1. The van der Waals surface area contributed by atoms with Crippen molar-refractivity contribution in [3.63, 3.8) is 0 Å². The van der Waals surface area contributed by atoms with Crippen LogP contribution in [0.4, 0.5) is 0 Å². The molecule has 1 heterocycles. The first-order valence-electron chi connectivity index (χ1n) is 6.19. The average molecular weight is 290 g/mol. The molecule has 0 atom stereocenters. The maximum Gasteiger partial charge on any atom is 0.257 e. The summed E-state index contributed by atoms with van der Waals surface area (Å²) in [5, 5.41) is 8.62. The minimum absolute atomic E-state index is 0.164. The Morgan fingerprint density at radius 1 is 1.30 bits per heavy atom. The highest BCUT2D eigenvalue weighted by atomic mass is 35.5. The van der Waals surface area contributed by atoms with E-state index in [1.807, 2.05) is 30.3 Å². The largest absolute Gasteiger partial charge is 0.345 e. The third-order valence-corrected chi connectivity index (χ3v) is 3.14. The molecule has 1 amide bonds. The molecule has 1 aromatic heterocycles. The van der Waals surface area contributed by atoms with Crippen molar-refractivity contribution in [1.29, 1.82) is 5.41 Å². The quantitative estimate of drug-likeness (QED) is 0.926. The summed E-state index contributed by atoms with van der Waals surface area (Å²) in [5.41, 5.74) is 1.52. The summed E-state index contributed by atoms with van der Waals surface area (Å²) in [6, 6.07) is 11.3. The molecule has 2 rings (SSSR count). The van der Waals surface area contributed by atoms with Crippen LogP contribution in [0.15, 0.2) is 42.6 Å². The lowest BCUT2D eigenvalue weighted by Crippen LogP contribution is -2.32. The summed E-state index contributed by atoms with van der Waals surface area (Å²) in [7, 11) is 3.31. The van der Waals surface area contributed by atoms with Crippen LogP contribution in [-0.4, -0.2) is 29.5 Å². The molecule has 1 N–H and O–H groups in total. The summed E-state index contributed by atoms with van der Waals surface area (Å²) in [5.74, 6) is -0.223. The second-order valence-corrected chi connectivity index (χ2v) is 5.17. The second kappa shape index (κ2) is 5.92. The Kier molecular flexibility index (Phi) is 4.25. The molecule has 2 aromatic rings. The third-order valence-electron chi connectivity index (χ3n) is 2.94. The van der Waals surface area contributed by atoms with Crippen molar-refractivity contribution in [2.75, 3.05) is 14.1 Å². The lowest BCUT2D eigenvalue weighted by atomic mass is 10.2. The number of hydrogen-bond acceptors (Lipinski definition) is 2. The highest BCUT2D eigenvalue weighted by Crippen LogP contribution is 2.10. The molecule has 0 spiro atoms. The molecule has 0 aliphatic rings. The number of hydrogen-bond donors (Lipinski definition) is 1. The fourth-order valence-electron chi connectivity index (χ4n) is 1.92. The summed E-state index contributed by atoms with van der Waals surface area (Å²) >= 11 is 6.06.